The van der Waals surface area contributed by atoms with Crippen molar-refractivity contribution >= 4 is 17.2 Å². The van der Waals surface area contributed by atoms with Gasteiger partial charge in [-0.2, -0.15) is 0 Å². The Labute approximate surface area is 90.2 Å². The summed E-state index contributed by atoms with van der Waals surface area (Å²) in [5.41, 5.74) is 3.33. The Morgan fingerprint density at radius 3 is 2.29 bits per heavy atom. The van der Waals surface area contributed by atoms with Crippen LogP contribution in [0.2, 0.25) is 0 Å². The standard InChI is InChI=1S/C13H13Cl/c1-3-5-12(4-2)13-8-6-11(10-14)7-9-13/h3-9H,1-2,10H2/b12-5+. The summed E-state index contributed by atoms with van der Waals surface area (Å²) >= 11 is 5.70. The van der Waals surface area contributed by atoms with E-state index < -0.39 is 0 Å². The first-order valence-electron chi connectivity index (χ1n) is 4.42. The summed E-state index contributed by atoms with van der Waals surface area (Å²) in [7, 11) is 0. The van der Waals surface area contributed by atoms with Gasteiger partial charge in [-0.25, -0.2) is 0 Å². The normalized spacial score (nSPS) is 11.1. The van der Waals surface area contributed by atoms with Crippen molar-refractivity contribution < 1.29 is 0 Å². The van der Waals surface area contributed by atoms with Crippen molar-refractivity contribution in [1.29, 1.82) is 0 Å². The van der Waals surface area contributed by atoms with Gasteiger partial charge in [-0.05, 0) is 16.7 Å². The number of rotatable bonds is 4. The lowest BCUT2D eigenvalue weighted by atomic mass is 10.0. The molecule has 0 heterocycles. The summed E-state index contributed by atoms with van der Waals surface area (Å²) in [4.78, 5) is 0. The molecule has 0 aromatic heterocycles. The van der Waals surface area contributed by atoms with Crippen LogP contribution < -0.4 is 0 Å². The monoisotopic (exact) mass is 204 g/mol. The van der Waals surface area contributed by atoms with Gasteiger partial charge in [0.15, 0.2) is 0 Å². The number of hydrogen-bond donors (Lipinski definition) is 0. The third-order valence-electron chi connectivity index (χ3n) is 1.96. The van der Waals surface area contributed by atoms with Crippen LogP contribution in [0.3, 0.4) is 0 Å². The van der Waals surface area contributed by atoms with E-state index in [0.29, 0.717) is 5.88 Å². The minimum Gasteiger partial charge on any atom is -0.122 e. The minimum absolute atomic E-state index is 0.550. The molecule has 0 saturated heterocycles. The summed E-state index contributed by atoms with van der Waals surface area (Å²) < 4.78 is 0. The molecule has 0 fully saturated rings. The molecule has 0 unspecified atom stereocenters. The Morgan fingerprint density at radius 2 is 1.86 bits per heavy atom. The summed E-state index contributed by atoms with van der Waals surface area (Å²) in [6, 6.07) is 8.11. The molecule has 0 saturated carbocycles. The Hall–Kier alpha value is -1.27. The van der Waals surface area contributed by atoms with Gasteiger partial charge < -0.3 is 0 Å². The van der Waals surface area contributed by atoms with Crippen LogP contribution in [-0.4, -0.2) is 0 Å². The number of alkyl halides is 1. The first-order valence-corrected chi connectivity index (χ1v) is 4.95. The highest BCUT2D eigenvalue weighted by molar-refractivity contribution is 6.17. The van der Waals surface area contributed by atoms with E-state index in [4.69, 9.17) is 11.6 Å². The van der Waals surface area contributed by atoms with Crippen LogP contribution in [0.1, 0.15) is 11.1 Å². The van der Waals surface area contributed by atoms with Crippen LogP contribution in [-0.2, 0) is 5.88 Å². The number of benzene rings is 1. The zero-order valence-corrected chi connectivity index (χ0v) is 8.80. The van der Waals surface area contributed by atoms with Crippen LogP contribution >= 0.6 is 11.6 Å². The lowest BCUT2D eigenvalue weighted by Gasteiger charge is -2.02. The molecule has 72 valence electrons. The van der Waals surface area contributed by atoms with Crippen molar-refractivity contribution in [3.8, 4) is 0 Å². The van der Waals surface area contributed by atoms with Gasteiger partial charge in [-0.1, -0.05) is 55.7 Å². The predicted molar refractivity (Wildman–Crippen MR) is 64.4 cm³/mol. The van der Waals surface area contributed by atoms with E-state index >= 15 is 0 Å². The summed E-state index contributed by atoms with van der Waals surface area (Å²) in [5.74, 6) is 0.550. The molecule has 0 bridgehead atoms. The Balaban J connectivity index is 3.00. The average Bonchev–Trinajstić information content (AvgIpc) is 2.26. The molecule has 0 aliphatic heterocycles. The van der Waals surface area contributed by atoms with Gasteiger partial charge in [-0.15, -0.1) is 11.6 Å². The van der Waals surface area contributed by atoms with Crippen LogP contribution in [0.15, 0.2) is 55.7 Å². The number of allylic oxidation sites excluding steroid dienone is 4. The zero-order chi connectivity index (χ0) is 10.4. The smallest absolute Gasteiger partial charge is 0.0474 e. The molecule has 1 aromatic carbocycles. The Morgan fingerprint density at radius 1 is 1.21 bits per heavy atom. The molecule has 0 N–H and O–H groups in total. The summed E-state index contributed by atoms with van der Waals surface area (Å²) in [6.45, 7) is 7.42. The maximum absolute atomic E-state index is 5.70. The van der Waals surface area contributed by atoms with E-state index in [2.05, 4.69) is 13.2 Å². The largest absolute Gasteiger partial charge is 0.122 e. The zero-order valence-electron chi connectivity index (χ0n) is 8.04. The van der Waals surface area contributed by atoms with E-state index in [1.165, 1.54) is 0 Å². The van der Waals surface area contributed by atoms with Crippen LogP contribution in [0, 0.1) is 0 Å². The van der Waals surface area contributed by atoms with Crippen LogP contribution in [0.5, 0.6) is 0 Å². The molecule has 14 heavy (non-hydrogen) atoms. The lowest BCUT2D eigenvalue weighted by molar-refractivity contribution is 1.39. The lowest BCUT2D eigenvalue weighted by Crippen LogP contribution is -1.82. The van der Waals surface area contributed by atoms with Gasteiger partial charge in [-0.3, -0.25) is 0 Å². The molecule has 0 aliphatic rings. The molecule has 1 heteroatoms. The van der Waals surface area contributed by atoms with Crippen molar-refractivity contribution in [1.82, 2.24) is 0 Å². The van der Waals surface area contributed by atoms with Gasteiger partial charge in [0, 0.05) is 5.88 Å². The summed E-state index contributed by atoms with van der Waals surface area (Å²) in [5, 5.41) is 0. The molecule has 0 nitrogen and oxygen atoms in total. The molecular formula is C13H13Cl. The van der Waals surface area contributed by atoms with E-state index in [1.807, 2.05) is 36.4 Å². The van der Waals surface area contributed by atoms with Gasteiger partial charge in [0.05, 0.1) is 0 Å². The number of hydrogen-bond acceptors (Lipinski definition) is 0. The third kappa shape index (κ3) is 2.61. The first-order chi connectivity index (χ1) is 6.81. The Bertz CT molecular complexity index is 344. The molecule has 1 aromatic rings. The number of halogens is 1. The molecule has 0 amide bonds. The highest BCUT2D eigenvalue weighted by Gasteiger charge is 1.96. The maximum Gasteiger partial charge on any atom is 0.0474 e. The highest BCUT2D eigenvalue weighted by atomic mass is 35.5. The molecule has 0 spiro atoms. The fourth-order valence-corrected chi connectivity index (χ4v) is 1.37. The fraction of sp³-hybridized carbons (Fsp3) is 0.0769. The van der Waals surface area contributed by atoms with Gasteiger partial charge in [0.25, 0.3) is 0 Å². The van der Waals surface area contributed by atoms with Crippen molar-refractivity contribution in [2.75, 3.05) is 0 Å². The van der Waals surface area contributed by atoms with E-state index in [0.717, 1.165) is 16.7 Å². The van der Waals surface area contributed by atoms with E-state index in [9.17, 15) is 0 Å². The second kappa shape index (κ2) is 5.46. The first kappa shape index (κ1) is 10.8. The van der Waals surface area contributed by atoms with Gasteiger partial charge in [0.1, 0.15) is 0 Å². The van der Waals surface area contributed by atoms with Crippen LogP contribution in [0.25, 0.3) is 5.57 Å². The predicted octanol–water partition coefficient (Wildman–Crippen LogP) is 4.18. The minimum atomic E-state index is 0.550. The molecule has 1 rings (SSSR count). The second-order valence-corrected chi connectivity index (χ2v) is 3.16. The SMILES string of the molecule is C=C/C=C(\C=C)c1ccc(CCl)cc1. The second-order valence-electron chi connectivity index (χ2n) is 2.89. The van der Waals surface area contributed by atoms with Crippen molar-refractivity contribution in [2.24, 2.45) is 0 Å². The van der Waals surface area contributed by atoms with Crippen molar-refractivity contribution in [3.63, 3.8) is 0 Å². The fourth-order valence-electron chi connectivity index (χ4n) is 1.20. The quantitative estimate of drug-likeness (QED) is 0.510. The van der Waals surface area contributed by atoms with Crippen molar-refractivity contribution in [2.45, 2.75) is 5.88 Å². The third-order valence-corrected chi connectivity index (χ3v) is 2.27. The highest BCUT2D eigenvalue weighted by Crippen LogP contribution is 2.16. The van der Waals surface area contributed by atoms with Gasteiger partial charge >= 0.3 is 0 Å². The van der Waals surface area contributed by atoms with Crippen molar-refractivity contribution in [3.05, 3.63) is 66.8 Å². The average molecular weight is 205 g/mol. The van der Waals surface area contributed by atoms with Crippen LogP contribution in [0.4, 0.5) is 0 Å². The van der Waals surface area contributed by atoms with Gasteiger partial charge in [0.2, 0.25) is 0 Å². The molecular weight excluding hydrogens is 192 g/mol. The van der Waals surface area contributed by atoms with E-state index in [1.54, 1.807) is 6.08 Å². The maximum atomic E-state index is 5.70. The molecule has 0 radical (unpaired) electrons. The molecule has 0 atom stereocenters. The summed E-state index contributed by atoms with van der Waals surface area (Å²) in [6.07, 6.45) is 5.51. The molecule has 0 aliphatic carbocycles. The topological polar surface area (TPSA) is 0 Å². The Kier molecular flexibility index (Phi) is 4.21. The van der Waals surface area contributed by atoms with E-state index in [-0.39, 0.29) is 0 Å².